The molecule has 0 saturated carbocycles. The van der Waals surface area contributed by atoms with Crippen molar-refractivity contribution in [3.8, 4) is 6.01 Å². The molecular weight excluding hydrogens is 408 g/mol. The third-order valence-corrected chi connectivity index (χ3v) is 7.41. The Labute approximate surface area is 187 Å². The van der Waals surface area contributed by atoms with Gasteiger partial charge in [-0.25, -0.2) is 14.8 Å². The minimum absolute atomic E-state index is 0.199. The lowest BCUT2D eigenvalue weighted by atomic mass is 9.77. The number of benzene rings is 1. The maximum Gasteiger partial charge on any atom is 0.338 e. The highest BCUT2D eigenvalue weighted by molar-refractivity contribution is 5.99. The average molecular weight is 437 g/mol. The molecule has 2 saturated heterocycles. The highest BCUT2D eigenvalue weighted by Crippen LogP contribution is 2.43. The number of piperidine rings is 1. The summed E-state index contributed by atoms with van der Waals surface area (Å²) in [5.41, 5.74) is 4.65. The third-order valence-electron chi connectivity index (χ3n) is 7.41. The van der Waals surface area contributed by atoms with Crippen molar-refractivity contribution in [1.82, 2.24) is 14.9 Å². The van der Waals surface area contributed by atoms with Gasteiger partial charge in [0.2, 0.25) is 5.91 Å². The van der Waals surface area contributed by atoms with E-state index >= 15 is 0 Å². The fourth-order valence-electron chi connectivity index (χ4n) is 5.24. The van der Waals surface area contributed by atoms with Crippen LogP contribution in [-0.4, -0.2) is 60.0 Å². The van der Waals surface area contributed by atoms with Gasteiger partial charge in [-0.05, 0) is 62.9 Å². The quantitative estimate of drug-likeness (QED) is 0.666. The number of fused-ring (bicyclic) bond motifs is 1. The van der Waals surface area contributed by atoms with Crippen molar-refractivity contribution >= 4 is 17.6 Å². The van der Waals surface area contributed by atoms with Gasteiger partial charge in [0.1, 0.15) is 6.61 Å². The lowest BCUT2D eigenvalue weighted by Gasteiger charge is -2.38. The summed E-state index contributed by atoms with van der Waals surface area (Å²) in [5.74, 6) is -0.0162. The summed E-state index contributed by atoms with van der Waals surface area (Å²) in [6.07, 6.45) is 6.90. The number of aromatic nitrogens is 2. The second-order valence-electron chi connectivity index (χ2n) is 8.96. The van der Waals surface area contributed by atoms with Crippen LogP contribution in [-0.2, 0) is 22.6 Å². The molecule has 2 fully saturated rings. The van der Waals surface area contributed by atoms with Gasteiger partial charge >= 0.3 is 12.0 Å². The van der Waals surface area contributed by atoms with Gasteiger partial charge in [0.25, 0.3) is 0 Å². The van der Waals surface area contributed by atoms with Gasteiger partial charge in [0.15, 0.2) is 0 Å². The molecule has 1 spiro atoms. The molecule has 4 heterocycles. The summed E-state index contributed by atoms with van der Waals surface area (Å²) in [6.45, 7) is 5.97. The smallest absolute Gasteiger partial charge is 0.338 e. The molecule has 8 nitrogen and oxygen atoms in total. The zero-order chi connectivity index (χ0) is 22.3. The molecule has 32 heavy (non-hydrogen) atoms. The second kappa shape index (κ2) is 8.16. The van der Waals surface area contributed by atoms with Crippen molar-refractivity contribution in [2.24, 2.45) is 5.41 Å². The molecule has 5 rings (SSSR count). The molecule has 0 N–H and O–H groups in total. The number of hydrogen-bond donors (Lipinski definition) is 0. The first kappa shape index (κ1) is 20.9. The van der Waals surface area contributed by atoms with Gasteiger partial charge in [-0.15, -0.1) is 0 Å². The zero-order valence-electron chi connectivity index (χ0n) is 18.6. The first-order valence-corrected chi connectivity index (χ1v) is 11.2. The van der Waals surface area contributed by atoms with Crippen LogP contribution in [0.4, 0.5) is 5.69 Å². The lowest BCUT2D eigenvalue weighted by Crippen LogP contribution is -2.45. The fraction of sp³-hybridized carbons (Fsp3) is 0.500. The standard InChI is InChI=1S/C24H28N4O4/c1-16-17(3-4-19-20(16)15-32-21(19)29)5-9-27-10-6-24(7-11-27)8-12-28(22(24)30)18-13-25-23(31-2)26-14-18/h3-4,13-14H,5-12,15H2,1-2H3. The molecule has 2 aromatic rings. The summed E-state index contributed by atoms with van der Waals surface area (Å²) in [6, 6.07) is 4.26. The maximum atomic E-state index is 13.3. The average Bonchev–Trinajstić information content (AvgIpc) is 3.35. The van der Waals surface area contributed by atoms with E-state index in [1.54, 1.807) is 12.4 Å². The van der Waals surface area contributed by atoms with E-state index in [0.717, 1.165) is 56.6 Å². The van der Waals surface area contributed by atoms with Crippen molar-refractivity contribution in [3.63, 3.8) is 0 Å². The Hall–Kier alpha value is -3.00. The summed E-state index contributed by atoms with van der Waals surface area (Å²) in [7, 11) is 1.53. The Balaban J connectivity index is 1.18. The van der Waals surface area contributed by atoms with Crippen molar-refractivity contribution in [2.75, 3.05) is 38.2 Å². The van der Waals surface area contributed by atoms with Gasteiger partial charge in [-0.3, -0.25) is 4.79 Å². The number of methoxy groups -OCH3 is 1. The zero-order valence-corrected chi connectivity index (χ0v) is 18.6. The number of carbonyl (C=O) groups excluding carboxylic acids is 2. The van der Waals surface area contributed by atoms with Crippen LogP contribution in [0.2, 0.25) is 0 Å². The number of likely N-dealkylation sites (tertiary alicyclic amines) is 1. The SMILES string of the molecule is COc1ncc(N2CCC3(CCN(CCc4ccc5c(c4C)COC5=O)CC3)C2=O)cn1. The van der Waals surface area contributed by atoms with Gasteiger partial charge in [-0.1, -0.05) is 6.07 Å². The first-order valence-electron chi connectivity index (χ1n) is 11.2. The number of carbonyl (C=O) groups is 2. The summed E-state index contributed by atoms with van der Waals surface area (Å²) < 4.78 is 10.2. The largest absolute Gasteiger partial charge is 0.467 e. The summed E-state index contributed by atoms with van der Waals surface area (Å²) in [4.78, 5) is 37.6. The normalized spacial score (nSPS) is 20.0. The summed E-state index contributed by atoms with van der Waals surface area (Å²) >= 11 is 0. The Morgan fingerprint density at radius 3 is 2.53 bits per heavy atom. The molecule has 1 amide bonds. The Morgan fingerprint density at radius 2 is 1.81 bits per heavy atom. The monoisotopic (exact) mass is 436 g/mol. The van der Waals surface area contributed by atoms with Gasteiger partial charge in [-0.2, -0.15) is 0 Å². The summed E-state index contributed by atoms with van der Waals surface area (Å²) in [5, 5.41) is 0. The molecular formula is C24H28N4O4. The molecule has 8 heteroatoms. The number of ether oxygens (including phenoxy) is 2. The Bertz CT molecular complexity index is 1040. The van der Waals surface area contributed by atoms with E-state index in [1.807, 2.05) is 11.0 Å². The van der Waals surface area contributed by atoms with Gasteiger partial charge in [0, 0.05) is 18.7 Å². The van der Waals surface area contributed by atoms with Crippen molar-refractivity contribution < 1.29 is 19.1 Å². The number of hydrogen-bond acceptors (Lipinski definition) is 7. The highest BCUT2D eigenvalue weighted by atomic mass is 16.5. The molecule has 0 atom stereocenters. The molecule has 1 aromatic heterocycles. The van der Waals surface area contributed by atoms with E-state index in [0.29, 0.717) is 24.7 Å². The molecule has 0 radical (unpaired) electrons. The first-order chi connectivity index (χ1) is 15.5. The molecule has 3 aliphatic heterocycles. The number of cyclic esters (lactones) is 1. The second-order valence-corrected chi connectivity index (χ2v) is 8.96. The number of amides is 1. The molecule has 1 aromatic carbocycles. The van der Waals surface area contributed by atoms with E-state index in [2.05, 4.69) is 27.9 Å². The van der Waals surface area contributed by atoms with Crippen LogP contribution in [0.1, 0.15) is 46.3 Å². The molecule has 0 unspecified atom stereocenters. The number of esters is 1. The van der Waals surface area contributed by atoms with E-state index < -0.39 is 0 Å². The molecule has 0 bridgehead atoms. The van der Waals surface area contributed by atoms with Crippen LogP contribution in [0.3, 0.4) is 0 Å². The van der Waals surface area contributed by atoms with Crippen LogP contribution in [0, 0.1) is 12.3 Å². The predicted octanol–water partition coefficient (Wildman–Crippen LogP) is 2.53. The third kappa shape index (κ3) is 3.52. The van der Waals surface area contributed by atoms with Crippen LogP contribution in [0.25, 0.3) is 0 Å². The number of rotatable bonds is 5. The molecule has 168 valence electrons. The number of nitrogens with zero attached hydrogens (tertiary/aromatic N) is 4. The Morgan fingerprint density at radius 1 is 1.09 bits per heavy atom. The fourth-order valence-corrected chi connectivity index (χ4v) is 5.24. The van der Waals surface area contributed by atoms with Crippen LogP contribution >= 0.6 is 0 Å². The van der Waals surface area contributed by atoms with Crippen molar-refractivity contribution in [3.05, 3.63) is 46.8 Å². The van der Waals surface area contributed by atoms with Crippen LogP contribution in [0.5, 0.6) is 6.01 Å². The van der Waals surface area contributed by atoms with Gasteiger partial charge < -0.3 is 19.3 Å². The van der Waals surface area contributed by atoms with Crippen LogP contribution < -0.4 is 9.64 Å². The lowest BCUT2D eigenvalue weighted by molar-refractivity contribution is -0.128. The number of anilines is 1. The minimum Gasteiger partial charge on any atom is -0.467 e. The highest BCUT2D eigenvalue weighted by Gasteiger charge is 2.48. The predicted molar refractivity (Wildman–Crippen MR) is 118 cm³/mol. The maximum absolute atomic E-state index is 13.3. The minimum atomic E-state index is -0.266. The van der Waals surface area contributed by atoms with Gasteiger partial charge in [0.05, 0.1) is 36.2 Å². The van der Waals surface area contributed by atoms with Crippen molar-refractivity contribution in [2.45, 2.75) is 39.2 Å². The van der Waals surface area contributed by atoms with E-state index in [9.17, 15) is 9.59 Å². The van der Waals surface area contributed by atoms with E-state index in [1.165, 1.54) is 18.2 Å². The molecule has 0 aliphatic carbocycles. The van der Waals surface area contributed by atoms with E-state index in [-0.39, 0.29) is 17.3 Å². The Kier molecular flexibility index (Phi) is 5.33. The van der Waals surface area contributed by atoms with E-state index in [4.69, 9.17) is 9.47 Å². The van der Waals surface area contributed by atoms with Crippen LogP contribution in [0.15, 0.2) is 24.5 Å². The topological polar surface area (TPSA) is 84.9 Å². The van der Waals surface area contributed by atoms with Crippen molar-refractivity contribution in [1.29, 1.82) is 0 Å². The molecule has 3 aliphatic rings.